The molecule has 1 atom stereocenters. The molecule has 2 aromatic carbocycles. The first kappa shape index (κ1) is 25.8. The van der Waals surface area contributed by atoms with Gasteiger partial charge in [-0.25, -0.2) is 14.2 Å². The van der Waals surface area contributed by atoms with E-state index in [-0.39, 0.29) is 21.1 Å². The van der Waals surface area contributed by atoms with Gasteiger partial charge in [-0.2, -0.15) is 0 Å². The van der Waals surface area contributed by atoms with Gasteiger partial charge in [-0.1, -0.05) is 29.5 Å². The molecule has 1 aromatic heterocycles. The van der Waals surface area contributed by atoms with Crippen LogP contribution in [0.15, 0.2) is 42.0 Å². The summed E-state index contributed by atoms with van der Waals surface area (Å²) in [6, 6.07) is 7.59. The van der Waals surface area contributed by atoms with Crippen LogP contribution < -0.4 is 14.4 Å². The molecule has 1 saturated heterocycles. The Morgan fingerprint density at radius 2 is 1.76 bits per heavy atom. The van der Waals surface area contributed by atoms with E-state index in [4.69, 9.17) is 14.2 Å². The third kappa shape index (κ3) is 4.42. The quantitative estimate of drug-likeness (QED) is 0.218. The summed E-state index contributed by atoms with van der Waals surface area (Å²) in [7, 11) is 4.11. The zero-order valence-corrected chi connectivity index (χ0v) is 21.4. The second-order valence-corrected chi connectivity index (χ2v) is 9.13. The first-order chi connectivity index (χ1) is 17.6. The van der Waals surface area contributed by atoms with Crippen LogP contribution in [0.1, 0.15) is 38.1 Å². The highest BCUT2D eigenvalue weighted by Gasteiger charge is 2.48. The minimum atomic E-state index is -1.17. The van der Waals surface area contributed by atoms with Gasteiger partial charge in [0.2, 0.25) is 0 Å². The number of anilines is 1. The van der Waals surface area contributed by atoms with Crippen LogP contribution in [0.5, 0.6) is 11.5 Å². The number of benzene rings is 2. The minimum Gasteiger partial charge on any atom is -0.507 e. The summed E-state index contributed by atoms with van der Waals surface area (Å²) in [4.78, 5) is 44.5. The van der Waals surface area contributed by atoms with Gasteiger partial charge in [-0.05, 0) is 43.2 Å². The molecule has 4 rings (SSSR count). The van der Waals surface area contributed by atoms with Crippen LogP contribution in [-0.4, -0.2) is 49.1 Å². The van der Waals surface area contributed by atoms with Crippen molar-refractivity contribution in [3.63, 3.8) is 0 Å². The largest absolute Gasteiger partial charge is 0.507 e. The molecule has 37 heavy (non-hydrogen) atoms. The smallest absolute Gasteiger partial charge is 0.350 e. The molecule has 2 heterocycles. The number of nitrogens with zero attached hydrogens (tertiary/aromatic N) is 2. The van der Waals surface area contributed by atoms with E-state index in [2.05, 4.69) is 4.98 Å². The number of thiazole rings is 1. The maximum absolute atomic E-state index is 14.3. The Labute approximate surface area is 215 Å². The molecule has 1 unspecified atom stereocenters. The summed E-state index contributed by atoms with van der Waals surface area (Å²) in [5, 5.41) is 11.2. The number of ether oxygens (including phenoxy) is 3. The van der Waals surface area contributed by atoms with Gasteiger partial charge >= 0.3 is 11.9 Å². The molecule has 3 aromatic rings. The lowest BCUT2D eigenvalue weighted by Gasteiger charge is -2.23. The molecule has 0 saturated carbocycles. The summed E-state index contributed by atoms with van der Waals surface area (Å²) in [5.74, 6) is -3.03. The van der Waals surface area contributed by atoms with Crippen LogP contribution in [0.4, 0.5) is 9.52 Å². The number of aliphatic hydroxyl groups excluding tert-OH is 1. The molecule has 0 bridgehead atoms. The number of Topliss-reactive ketones (excluding diaryl/α,β-unsaturated/α-hetero) is 1. The van der Waals surface area contributed by atoms with Gasteiger partial charge in [0, 0.05) is 5.56 Å². The summed E-state index contributed by atoms with van der Waals surface area (Å²) >= 11 is 0.872. The molecule has 9 nitrogen and oxygen atoms in total. The molecule has 0 spiro atoms. The van der Waals surface area contributed by atoms with E-state index in [0.717, 1.165) is 22.3 Å². The van der Waals surface area contributed by atoms with Crippen molar-refractivity contribution in [3.8, 4) is 11.5 Å². The van der Waals surface area contributed by atoms with E-state index in [1.165, 1.54) is 33.5 Å². The second kappa shape index (κ2) is 10.0. The van der Waals surface area contributed by atoms with E-state index in [1.807, 2.05) is 0 Å². The number of aliphatic hydroxyl groups is 1. The first-order valence-electron chi connectivity index (χ1n) is 11.0. The zero-order chi connectivity index (χ0) is 27.0. The number of halogens is 1. The fourth-order valence-electron chi connectivity index (χ4n) is 4.03. The molecule has 1 N–H and O–H groups in total. The Morgan fingerprint density at radius 3 is 2.38 bits per heavy atom. The molecule has 1 amide bonds. The van der Waals surface area contributed by atoms with Crippen molar-refractivity contribution in [2.75, 3.05) is 26.2 Å². The van der Waals surface area contributed by atoms with Gasteiger partial charge in [0.25, 0.3) is 5.78 Å². The lowest BCUT2D eigenvalue weighted by Crippen LogP contribution is -2.29. The number of hydrogen-bond donors (Lipinski definition) is 1. The van der Waals surface area contributed by atoms with Gasteiger partial charge in [0.15, 0.2) is 16.6 Å². The number of hydrogen-bond acceptors (Lipinski definition) is 9. The standard InChI is InChI=1S/C26H23FN2O7S/c1-12-6-7-15(10-16(12)27)21(30)19-20(14-8-9-17(34-3)18(11-14)35-4)29(24(32)22(19)31)26-28-13(2)23(37-26)25(33)36-5/h6-11,20,30H,1-5H3/b21-19+. The number of methoxy groups -OCH3 is 3. The highest BCUT2D eigenvalue weighted by Crippen LogP contribution is 2.45. The van der Waals surface area contributed by atoms with Crippen LogP contribution in [-0.2, 0) is 14.3 Å². The van der Waals surface area contributed by atoms with Crippen molar-refractivity contribution in [1.82, 2.24) is 4.98 Å². The summed E-state index contributed by atoms with van der Waals surface area (Å²) < 4.78 is 29.8. The van der Waals surface area contributed by atoms with Gasteiger partial charge in [-0.15, -0.1) is 0 Å². The highest BCUT2D eigenvalue weighted by atomic mass is 32.1. The number of ketones is 1. The van der Waals surface area contributed by atoms with E-state index < -0.39 is 35.3 Å². The monoisotopic (exact) mass is 526 g/mol. The highest BCUT2D eigenvalue weighted by molar-refractivity contribution is 7.17. The van der Waals surface area contributed by atoms with Crippen molar-refractivity contribution < 1.29 is 38.1 Å². The normalized spacial score (nSPS) is 16.7. The van der Waals surface area contributed by atoms with Crippen LogP contribution in [0, 0.1) is 19.7 Å². The van der Waals surface area contributed by atoms with E-state index in [9.17, 15) is 23.9 Å². The van der Waals surface area contributed by atoms with E-state index >= 15 is 0 Å². The van der Waals surface area contributed by atoms with Gasteiger partial charge in [-0.3, -0.25) is 14.5 Å². The Bertz CT molecular complexity index is 1460. The maximum atomic E-state index is 14.3. The molecule has 1 aliphatic rings. The molecule has 0 aliphatic carbocycles. The summed E-state index contributed by atoms with van der Waals surface area (Å²) in [6.45, 7) is 3.13. The van der Waals surface area contributed by atoms with Crippen molar-refractivity contribution >= 4 is 39.9 Å². The zero-order valence-electron chi connectivity index (χ0n) is 20.6. The van der Waals surface area contributed by atoms with Crippen LogP contribution in [0.25, 0.3) is 5.76 Å². The van der Waals surface area contributed by atoms with Crippen LogP contribution in [0.2, 0.25) is 0 Å². The van der Waals surface area contributed by atoms with Gasteiger partial charge in [0.1, 0.15) is 16.5 Å². The maximum Gasteiger partial charge on any atom is 0.350 e. The first-order valence-corrected chi connectivity index (χ1v) is 11.8. The Hall–Kier alpha value is -4.25. The third-order valence-electron chi connectivity index (χ3n) is 5.98. The third-order valence-corrected chi connectivity index (χ3v) is 7.11. The van der Waals surface area contributed by atoms with Crippen LogP contribution >= 0.6 is 11.3 Å². The van der Waals surface area contributed by atoms with Crippen molar-refractivity contribution in [2.45, 2.75) is 19.9 Å². The SMILES string of the molecule is COC(=O)c1sc(N2C(=O)C(=O)/C(=C(/O)c3ccc(C)c(F)c3)C2c2ccc(OC)c(OC)c2)nc1C. The molecule has 1 fully saturated rings. The Kier molecular flexibility index (Phi) is 6.99. The minimum absolute atomic E-state index is 0.0251. The predicted octanol–water partition coefficient (Wildman–Crippen LogP) is 4.33. The topological polar surface area (TPSA) is 115 Å². The number of carbonyl (C=O) groups excluding carboxylic acids is 3. The average Bonchev–Trinajstić information content (AvgIpc) is 3.40. The van der Waals surface area contributed by atoms with E-state index in [0.29, 0.717) is 28.3 Å². The van der Waals surface area contributed by atoms with Gasteiger partial charge in [0.05, 0.1) is 38.6 Å². The Morgan fingerprint density at radius 1 is 1.05 bits per heavy atom. The van der Waals surface area contributed by atoms with Crippen molar-refractivity contribution in [3.05, 3.63) is 75.0 Å². The van der Waals surface area contributed by atoms with Crippen LogP contribution in [0.3, 0.4) is 0 Å². The van der Waals surface area contributed by atoms with Gasteiger partial charge < -0.3 is 19.3 Å². The lowest BCUT2D eigenvalue weighted by atomic mass is 9.94. The number of amides is 1. The molecule has 192 valence electrons. The lowest BCUT2D eigenvalue weighted by molar-refractivity contribution is -0.132. The number of esters is 1. The van der Waals surface area contributed by atoms with E-state index in [1.54, 1.807) is 32.0 Å². The number of aryl methyl sites for hydroxylation is 2. The molecule has 1 aliphatic heterocycles. The second-order valence-electron chi connectivity index (χ2n) is 8.15. The number of rotatable bonds is 6. The molecule has 11 heteroatoms. The number of carbonyl (C=O) groups is 3. The fourth-order valence-corrected chi connectivity index (χ4v) is 5.04. The Balaban J connectivity index is 1.98. The summed E-state index contributed by atoms with van der Waals surface area (Å²) in [5.41, 5.74) is 0.797. The number of aromatic nitrogens is 1. The summed E-state index contributed by atoms with van der Waals surface area (Å²) in [6.07, 6.45) is 0. The molecular formula is C26H23FN2O7S. The predicted molar refractivity (Wildman–Crippen MR) is 134 cm³/mol. The van der Waals surface area contributed by atoms with Crippen molar-refractivity contribution in [1.29, 1.82) is 0 Å². The fraction of sp³-hybridized carbons (Fsp3) is 0.231. The molecule has 0 radical (unpaired) electrons. The average molecular weight is 527 g/mol. The van der Waals surface area contributed by atoms with Crippen molar-refractivity contribution in [2.24, 2.45) is 0 Å². The molecular weight excluding hydrogens is 503 g/mol.